The van der Waals surface area contributed by atoms with Gasteiger partial charge in [0, 0.05) is 25.8 Å². The second kappa shape index (κ2) is 8.62. The predicted molar refractivity (Wildman–Crippen MR) is 97.8 cm³/mol. The highest BCUT2D eigenvalue weighted by Gasteiger charge is 2.23. The Morgan fingerprint density at radius 2 is 2.12 bits per heavy atom. The summed E-state index contributed by atoms with van der Waals surface area (Å²) in [5.41, 5.74) is 1.87. The Morgan fingerprint density at radius 1 is 1.28 bits per heavy atom. The molecule has 3 rings (SSSR count). The van der Waals surface area contributed by atoms with Crippen molar-refractivity contribution in [1.82, 2.24) is 15.2 Å². The van der Waals surface area contributed by atoms with Crippen LogP contribution in [0.2, 0.25) is 0 Å². The normalized spacial score (nSPS) is 17.4. The minimum absolute atomic E-state index is 0.118. The summed E-state index contributed by atoms with van der Waals surface area (Å²) in [6.45, 7) is 3.91. The van der Waals surface area contributed by atoms with Crippen LogP contribution in [-0.4, -0.2) is 49.1 Å². The summed E-state index contributed by atoms with van der Waals surface area (Å²) in [5, 5.41) is 3.02. The van der Waals surface area contributed by atoms with Gasteiger partial charge in [-0.1, -0.05) is 30.3 Å². The molecule has 1 aliphatic heterocycles. The van der Waals surface area contributed by atoms with Gasteiger partial charge in [-0.25, -0.2) is 4.98 Å². The van der Waals surface area contributed by atoms with E-state index in [-0.39, 0.29) is 5.91 Å². The lowest BCUT2D eigenvalue weighted by molar-refractivity contribution is 0.0943. The number of hydrogen-bond donors (Lipinski definition) is 1. The molecule has 0 spiro atoms. The Hall–Kier alpha value is -2.40. The molecule has 0 bridgehead atoms. The first-order chi connectivity index (χ1) is 12.3. The highest BCUT2D eigenvalue weighted by atomic mass is 16.5. The molecule has 25 heavy (non-hydrogen) atoms. The maximum atomic E-state index is 12.3. The van der Waals surface area contributed by atoms with E-state index in [1.165, 1.54) is 12.7 Å². The summed E-state index contributed by atoms with van der Waals surface area (Å²) in [7, 11) is 1.53. The third-order valence-electron chi connectivity index (χ3n) is 4.69. The van der Waals surface area contributed by atoms with E-state index in [1.54, 1.807) is 18.3 Å². The highest BCUT2D eigenvalue weighted by Crippen LogP contribution is 2.17. The number of carbonyl (C=O) groups is 1. The highest BCUT2D eigenvalue weighted by molar-refractivity contribution is 5.96. The van der Waals surface area contributed by atoms with Gasteiger partial charge in [0.25, 0.3) is 5.91 Å². The number of aromatic nitrogens is 1. The molecule has 1 amide bonds. The molecule has 1 saturated heterocycles. The Balaban J connectivity index is 1.43. The van der Waals surface area contributed by atoms with Crippen LogP contribution in [0.25, 0.3) is 0 Å². The van der Waals surface area contributed by atoms with Crippen LogP contribution in [0.3, 0.4) is 0 Å². The molecular weight excluding hydrogens is 314 g/mol. The van der Waals surface area contributed by atoms with E-state index in [0.717, 1.165) is 32.5 Å². The van der Waals surface area contributed by atoms with Crippen molar-refractivity contribution in [2.45, 2.75) is 12.8 Å². The van der Waals surface area contributed by atoms with E-state index in [2.05, 4.69) is 45.5 Å². The summed E-state index contributed by atoms with van der Waals surface area (Å²) in [5.74, 6) is 0.756. The van der Waals surface area contributed by atoms with Crippen LogP contribution in [0.1, 0.15) is 22.3 Å². The van der Waals surface area contributed by atoms with E-state index < -0.39 is 0 Å². The molecule has 0 aliphatic carbocycles. The van der Waals surface area contributed by atoms with Crippen LogP contribution < -0.4 is 10.1 Å². The zero-order valence-corrected chi connectivity index (χ0v) is 14.6. The van der Waals surface area contributed by atoms with Crippen LogP contribution in [0.5, 0.6) is 5.88 Å². The van der Waals surface area contributed by atoms with Crippen molar-refractivity contribution in [2.75, 3.05) is 33.3 Å². The number of likely N-dealkylation sites (tertiary alicyclic amines) is 1. The van der Waals surface area contributed by atoms with E-state index in [0.29, 0.717) is 23.9 Å². The fraction of sp³-hybridized carbons (Fsp3) is 0.400. The molecule has 0 radical (unpaired) electrons. The first-order valence-corrected chi connectivity index (χ1v) is 8.79. The minimum Gasteiger partial charge on any atom is -0.480 e. The van der Waals surface area contributed by atoms with Gasteiger partial charge in [0.15, 0.2) is 0 Å². The van der Waals surface area contributed by atoms with Gasteiger partial charge in [-0.05, 0) is 43.0 Å². The van der Waals surface area contributed by atoms with Crippen molar-refractivity contribution >= 4 is 5.91 Å². The summed E-state index contributed by atoms with van der Waals surface area (Å²) in [6.07, 6.45) is 3.82. The fourth-order valence-corrected chi connectivity index (χ4v) is 3.27. The fourth-order valence-electron chi connectivity index (χ4n) is 3.27. The lowest BCUT2D eigenvalue weighted by atomic mass is 10.1. The second-order valence-corrected chi connectivity index (χ2v) is 6.46. The lowest BCUT2D eigenvalue weighted by Crippen LogP contribution is -2.31. The number of amides is 1. The minimum atomic E-state index is -0.118. The van der Waals surface area contributed by atoms with Gasteiger partial charge >= 0.3 is 0 Å². The number of ether oxygens (including phenoxy) is 1. The lowest BCUT2D eigenvalue weighted by Gasteiger charge is -2.16. The molecular formula is C20H25N3O2. The Labute approximate surface area is 149 Å². The van der Waals surface area contributed by atoms with Gasteiger partial charge in [0.05, 0.1) is 7.11 Å². The van der Waals surface area contributed by atoms with Gasteiger partial charge in [-0.2, -0.15) is 0 Å². The molecule has 1 atom stereocenters. The van der Waals surface area contributed by atoms with E-state index in [9.17, 15) is 4.79 Å². The number of carbonyl (C=O) groups excluding carboxylic acids is 1. The zero-order valence-electron chi connectivity index (χ0n) is 14.6. The van der Waals surface area contributed by atoms with Crippen molar-refractivity contribution in [2.24, 2.45) is 5.92 Å². The third-order valence-corrected chi connectivity index (χ3v) is 4.69. The van der Waals surface area contributed by atoms with E-state index >= 15 is 0 Å². The molecule has 5 heteroatoms. The van der Waals surface area contributed by atoms with Crippen LogP contribution in [0.15, 0.2) is 48.7 Å². The van der Waals surface area contributed by atoms with Crippen LogP contribution in [0.4, 0.5) is 0 Å². The summed E-state index contributed by atoms with van der Waals surface area (Å²) in [4.78, 5) is 18.9. The van der Waals surface area contributed by atoms with Gasteiger partial charge in [-0.3, -0.25) is 4.79 Å². The molecule has 2 heterocycles. The first-order valence-electron chi connectivity index (χ1n) is 8.79. The Morgan fingerprint density at radius 3 is 2.92 bits per heavy atom. The first kappa shape index (κ1) is 17.4. The molecule has 1 N–H and O–H groups in total. The monoisotopic (exact) mass is 339 g/mol. The van der Waals surface area contributed by atoms with Crippen LogP contribution in [0, 0.1) is 5.92 Å². The van der Waals surface area contributed by atoms with Crippen molar-refractivity contribution in [1.29, 1.82) is 0 Å². The topological polar surface area (TPSA) is 54.5 Å². The summed E-state index contributed by atoms with van der Waals surface area (Å²) < 4.78 is 5.15. The largest absolute Gasteiger partial charge is 0.480 e. The maximum absolute atomic E-state index is 12.3. The Bertz CT molecular complexity index is 690. The number of nitrogens with one attached hydrogen (secondary N) is 1. The maximum Gasteiger partial charge on any atom is 0.256 e. The predicted octanol–water partition coefficient (Wildman–Crippen LogP) is 2.38. The van der Waals surface area contributed by atoms with Gasteiger partial charge in [0.1, 0.15) is 5.56 Å². The molecule has 132 valence electrons. The van der Waals surface area contributed by atoms with Crippen molar-refractivity contribution < 1.29 is 9.53 Å². The number of methoxy groups -OCH3 is 1. The molecule has 1 aromatic heterocycles. The van der Waals surface area contributed by atoms with Gasteiger partial charge in [0.2, 0.25) is 5.88 Å². The average molecular weight is 339 g/mol. The number of pyridine rings is 1. The van der Waals surface area contributed by atoms with Crippen molar-refractivity contribution in [3.63, 3.8) is 0 Å². The van der Waals surface area contributed by atoms with E-state index in [4.69, 9.17) is 4.74 Å². The molecule has 2 aromatic rings. The molecule has 1 fully saturated rings. The Kier molecular flexibility index (Phi) is 6.01. The number of nitrogens with zero attached hydrogens (tertiary/aromatic N) is 2. The molecule has 0 unspecified atom stereocenters. The molecule has 5 nitrogen and oxygen atoms in total. The molecule has 1 aliphatic rings. The summed E-state index contributed by atoms with van der Waals surface area (Å²) in [6, 6.07) is 14.1. The van der Waals surface area contributed by atoms with Crippen LogP contribution in [-0.2, 0) is 6.42 Å². The van der Waals surface area contributed by atoms with Crippen LogP contribution >= 0.6 is 0 Å². The molecule has 0 saturated carbocycles. The van der Waals surface area contributed by atoms with E-state index in [1.807, 2.05) is 0 Å². The van der Waals surface area contributed by atoms with Crippen molar-refractivity contribution in [3.05, 3.63) is 59.8 Å². The smallest absolute Gasteiger partial charge is 0.256 e. The SMILES string of the molecule is COc1ncccc1C(=O)NC[C@@H]1CCN(CCc2ccccc2)C1. The third kappa shape index (κ3) is 4.79. The van der Waals surface area contributed by atoms with Crippen molar-refractivity contribution in [3.8, 4) is 5.88 Å². The standard InChI is InChI=1S/C20H25N3O2/c1-25-20-18(8-5-11-21-20)19(24)22-14-17-10-13-23(15-17)12-9-16-6-3-2-4-7-16/h2-8,11,17H,9-10,12-15H2,1H3,(H,22,24)/t17-/m0/s1. The number of benzene rings is 1. The quantitative estimate of drug-likeness (QED) is 0.841. The average Bonchev–Trinajstić information content (AvgIpc) is 3.13. The number of rotatable bonds is 7. The summed E-state index contributed by atoms with van der Waals surface area (Å²) >= 11 is 0. The van der Waals surface area contributed by atoms with Gasteiger partial charge < -0.3 is 15.0 Å². The molecule has 1 aromatic carbocycles. The van der Waals surface area contributed by atoms with Gasteiger partial charge in [-0.15, -0.1) is 0 Å². The second-order valence-electron chi connectivity index (χ2n) is 6.46. The number of hydrogen-bond acceptors (Lipinski definition) is 4. The zero-order chi connectivity index (χ0) is 17.5.